The second-order valence-corrected chi connectivity index (χ2v) is 21.1. The first-order valence-corrected chi connectivity index (χ1v) is 27.4. The van der Waals surface area contributed by atoms with Crippen molar-refractivity contribution < 1.29 is 47.7 Å². The third-order valence-corrected chi connectivity index (χ3v) is 14.0. The number of aromatic nitrogens is 4. The van der Waals surface area contributed by atoms with Crippen molar-refractivity contribution in [3.05, 3.63) is 94.1 Å². The molecule has 1 fully saturated rings. The summed E-state index contributed by atoms with van der Waals surface area (Å²) in [6.45, 7) is 25.0. The fourth-order valence-electron chi connectivity index (χ4n) is 9.39. The second kappa shape index (κ2) is 29.9. The number of likely N-dealkylation sites (N-methyl/N-ethyl adjacent to an activating group) is 1. The fourth-order valence-corrected chi connectivity index (χ4v) is 9.39. The van der Waals surface area contributed by atoms with Crippen molar-refractivity contribution in [2.75, 3.05) is 92.3 Å². The minimum Gasteiger partial charge on any atom is -0.467 e. The van der Waals surface area contributed by atoms with Crippen molar-refractivity contribution in [3.8, 4) is 17.1 Å². The molecule has 0 unspecified atom stereocenters. The topological polar surface area (TPSA) is 272 Å². The average molecular weight is 1110 g/mol. The van der Waals surface area contributed by atoms with Crippen LogP contribution in [0.15, 0.2) is 54.7 Å². The van der Waals surface area contributed by atoms with E-state index < -0.39 is 29.6 Å². The Balaban J connectivity index is 0.862. The van der Waals surface area contributed by atoms with Crippen molar-refractivity contribution in [2.45, 2.75) is 117 Å². The van der Waals surface area contributed by atoms with E-state index in [-0.39, 0.29) is 105 Å². The van der Waals surface area contributed by atoms with Crippen LogP contribution in [0.2, 0.25) is 0 Å². The lowest BCUT2D eigenvalue weighted by molar-refractivity contribution is -0.144. The maximum absolute atomic E-state index is 14.3. The van der Waals surface area contributed by atoms with Crippen LogP contribution in [-0.2, 0) is 51.2 Å². The zero-order valence-electron chi connectivity index (χ0n) is 47.8. The Hall–Kier alpha value is -7.07. The first kappa shape index (κ1) is 62.1. The molecule has 0 radical (unpaired) electrons. The van der Waals surface area contributed by atoms with Gasteiger partial charge < -0.3 is 70.6 Å². The monoisotopic (exact) mass is 1110 g/mol. The van der Waals surface area contributed by atoms with Crippen molar-refractivity contribution >= 4 is 41.2 Å². The Labute approximate surface area is 469 Å². The highest BCUT2D eigenvalue weighted by Crippen LogP contribution is 2.37. The van der Waals surface area contributed by atoms with Crippen LogP contribution < -0.4 is 37.1 Å². The third-order valence-electron chi connectivity index (χ3n) is 14.0. The summed E-state index contributed by atoms with van der Waals surface area (Å²) in [4.78, 5) is 83.8. The number of aryl methyl sites for hydroxylation is 1. The van der Waals surface area contributed by atoms with Crippen LogP contribution in [-0.4, -0.2) is 170 Å². The number of hydrogen-bond acceptors (Lipinski definition) is 16. The van der Waals surface area contributed by atoms with Gasteiger partial charge in [0.2, 0.25) is 23.6 Å². The first-order chi connectivity index (χ1) is 38.3. The third kappa shape index (κ3) is 17.0. The number of carbonyl (C=O) groups is 5. The SMILES string of the molecule is [C-]#[N+]c1c2c(nn1CCNC(=O)CCOCCOCCOCCOCCN[C@H]1C[C@@H](C(=O)N[C@H](CC)c3ccccc3)N(C(=O)[C@@H](NC(=O)[C@H](C)NC)C(C)(C)C)C1)CN(C)C(=O)c1ccc(C)cc1[C@@H](C)Oc1nc-2cnc1N. The van der Waals surface area contributed by atoms with Gasteiger partial charge in [0.15, 0.2) is 5.82 Å². The maximum Gasteiger partial charge on any atom is 0.262 e. The molecule has 6 atom stereocenters. The van der Waals surface area contributed by atoms with Crippen LogP contribution in [0.1, 0.15) is 106 Å². The molecule has 4 heterocycles. The van der Waals surface area contributed by atoms with E-state index in [1.54, 1.807) is 32.0 Å². The zero-order valence-corrected chi connectivity index (χ0v) is 47.8. The van der Waals surface area contributed by atoms with E-state index in [0.29, 0.717) is 87.1 Å². The van der Waals surface area contributed by atoms with Gasteiger partial charge in [0.25, 0.3) is 17.6 Å². The number of hydrogen-bond donors (Lipinski definition) is 6. The quantitative estimate of drug-likeness (QED) is 0.0363. The molecule has 2 aliphatic heterocycles. The molecule has 0 spiro atoms. The second-order valence-electron chi connectivity index (χ2n) is 21.1. The van der Waals surface area contributed by atoms with Crippen molar-refractivity contribution in [1.82, 2.24) is 56.1 Å². The number of carbonyl (C=O) groups excluding carboxylic acids is 5. The smallest absolute Gasteiger partial charge is 0.262 e. The minimum atomic E-state index is -0.855. The number of ether oxygens (including phenoxy) is 5. The Morgan fingerprint density at radius 2 is 1.62 bits per heavy atom. The van der Waals surface area contributed by atoms with E-state index in [2.05, 4.69) is 41.4 Å². The zero-order chi connectivity index (χ0) is 57.9. The number of amides is 5. The molecule has 0 aliphatic carbocycles. The number of anilines is 1. The number of fused-ring (bicyclic) bond motifs is 5. The van der Waals surface area contributed by atoms with Crippen molar-refractivity contribution in [1.29, 1.82) is 0 Å². The molecule has 2 aliphatic rings. The van der Waals surface area contributed by atoms with Gasteiger partial charge in [0.05, 0.1) is 95.5 Å². The van der Waals surface area contributed by atoms with E-state index in [9.17, 15) is 24.0 Å². The molecule has 5 amide bonds. The molecule has 23 nitrogen and oxygen atoms in total. The summed E-state index contributed by atoms with van der Waals surface area (Å²) in [5.74, 6) is -1.04. The molecular formula is C57H81N13O10. The Kier molecular flexibility index (Phi) is 23.3. The van der Waals surface area contributed by atoms with Gasteiger partial charge in [-0.15, -0.1) is 5.10 Å². The van der Waals surface area contributed by atoms with Gasteiger partial charge in [-0.05, 0) is 57.7 Å². The molecule has 2 aromatic carbocycles. The highest BCUT2D eigenvalue weighted by Gasteiger charge is 2.45. The van der Waals surface area contributed by atoms with E-state index in [0.717, 1.165) is 11.1 Å². The van der Waals surface area contributed by atoms with Gasteiger partial charge >= 0.3 is 0 Å². The summed E-state index contributed by atoms with van der Waals surface area (Å²) < 4.78 is 30.4. The fraction of sp³-hybridized carbons (Fsp3) is 0.561. The molecule has 434 valence electrons. The number of nitrogens with one attached hydrogen (secondary N) is 5. The summed E-state index contributed by atoms with van der Waals surface area (Å²) in [6, 6.07) is 12.8. The normalized spacial score (nSPS) is 17.4. The molecule has 1 saturated heterocycles. The Morgan fingerprint density at radius 1 is 0.950 bits per heavy atom. The molecule has 80 heavy (non-hydrogen) atoms. The maximum atomic E-state index is 14.3. The van der Waals surface area contributed by atoms with Gasteiger partial charge in [0.1, 0.15) is 30.4 Å². The number of nitrogens with zero attached hydrogens (tertiary/aromatic N) is 7. The van der Waals surface area contributed by atoms with Crippen molar-refractivity contribution in [2.24, 2.45) is 5.41 Å². The predicted molar refractivity (Wildman–Crippen MR) is 300 cm³/mol. The molecular weight excluding hydrogens is 1030 g/mol. The summed E-state index contributed by atoms with van der Waals surface area (Å²) in [6.07, 6.45) is 2.05. The molecule has 2 bridgehead atoms. The van der Waals surface area contributed by atoms with Crippen LogP contribution in [0.25, 0.3) is 16.1 Å². The van der Waals surface area contributed by atoms with E-state index in [4.69, 9.17) is 41.1 Å². The van der Waals surface area contributed by atoms with Gasteiger partial charge in [-0.1, -0.05) is 82.3 Å². The van der Waals surface area contributed by atoms with E-state index >= 15 is 0 Å². The molecule has 0 saturated carbocycles. The highest BCUT2D eigenvalue weighted by molar-refractivity contribution is 5.96. The van der Waals surface area contributed by atoms with Crippen molar-refractivity contribution in [3.63, 3.8) is 0 Å². The number of benzene rings is 2. The Morgan fingerprint density at radius 3 is 2.27 bits per heavy atom. The first-order valence-electron chi connectivity index (χ1n) is 27.4. The molecule has 7 N–H and O–H groups in total. The molecule has 2 aromatic heterocycles. The van der Waals surface area contributed by atoms with E-state index in [1.807, 2.05) is 84.0 Å². The largest absolute Gasteiger partial charge is 0.467 e. The lowest BCUT2D eigenvalue weighted by atomic mass is 9.85. The lowest BCUT2D eigenvalue weighted by Gasteiger charge is -2.36. The molecule has 6 rings (SSSR count). The summed E-state index contributed by atoms with van der Waals surface area (Å²) in [5.41, 5.74) is 9.76. The number of rotatable bonds is 27. The summed E-state index contributed by atoms with van der Waals surface area (Å²) in [5, 5.41) is 20.1. The van der Waals surface area contributed by atoms with Gasteiger partial charge in [0, 0.05) is 43.7 Å². The van der Waals surface area contributed by atoms with Gasteiger partial charge in [-0.3, -0.25) is 24.0 Å². The average Bonchev–Trinajstić information content (AvgIpc) is 4.18. The van der Waals surface area contributed by atoms with Crippen LogP contribution in [0.3, 0.4) is 0 Å². The number of nitrogens with two attached hydrogens (primary N) is 1. The minimum absolute atomic E-state index is 0.0609. The Bertz CT molecular complexity index is 2760. The standard InChI is InChI=1S/C57H81N13O10/c1-11-43(39-15-13-12-14-16-39)64-53(73)46-32-40(34-69(46)56(75)49(57(5,6)7)66-52(72)37(3)59-8)61-21-24-77-26-28-79-30-29-78-27-25-76-23-19-47(71)62-20-22-70-51(60-9)48-44-33-63-50(58)54(65-44)80-38(4)42-31-36(2)17-18-41(42)55(74)68(10)35-45(48)67-70/h12-18,31,33,37-38,40,43,46,49,59,61H,11,19-30,32,34-35H2,1-8,10H3,(H2,58,63)(H,62,71)(H,64,73)(H,66,72)/t37-,38+,40-,43+,46-,49+/m0/s1. The predicted octanol–water partition coefficient (Wildman–Crippen LogP) is 4.05. The van der Waals surface area contributed by atoms with Crippen LogP contribution in [0.5, 0.6) is 5.88 Å². The van der Waals surface area contributed by atoms with Crippen LogP contribution in [0.4, 0.5) is 11.6 Å². The van der Waals surface area contributed by atoms with Crippen LogP contribution >= 0.6 is 0 Å². The summed E-state index contributed by atoms with van der Waals surface area (Å²) >= 11 is 0. The number of nitrogen functional groups attached to an aromatic ring is 1. The van der Waals surface area contributed by atoms with Crippen LogP contribution in [0, 0.1) is 18.9 Å². The number of likely N-dealkylation sites (tertiary alicyclic amines) is 1. The highest BCUT2D eigenvalue weighted by atomic mass is 16.6. The van der Waals surface area contributed by atoms with Gasteiger partial charge in [-0.2, -0.15) is 4.68 Å². The van der Waals surface area contributed by atoms with Gasteiger partial charge in [-0.25, -0.2) is 9.97 Å². The lowest BCUT2D eigenvalue weighted by Crippen LogP contribution is -2.59. The molecule has 4 aromatic rings. The summed E-state index contributed by atoms with van der Waals surface area (Å²) in [7, 11) is 3.35. The van der Waals surface area contributed by atoms with E-state index in [1.165, 1.54) is 15.8 Å². The molecule has 23 heteroatoms.